The van der Waals surface area contributed by atoms with E-state index >= 15 is 0 Å². The van der Waals surface area contributed by atoms with Gasteiger partial charge in [-0.3, -0.25) is 0 Å². The number of nitrogens with zero attached hydrogens (tertiary/aromatic N) is 2. The molecule has 1 aromatic heterocycles. The maximum absolute atomic E-state index is 8.94. The summed E-state index contributed by atoms with van der Waals surface area (Å²) in [7, 11) is 0. The van der Waals surface area contributed by atoms with Crippen LogP contribution in [0.25, 0.3) is 17.0 Å². The molecular formula is C25H20N2O. The van der Waals surface area contributed by atoms with Crippen molar-refractivity contribution < 1.29 is 4.74 Å². The van der Waals surface area contributed by atoms with Crippen molar-refractivity contribution in [3.63, 3.8) is 0 Å². The van der Waals surface area contributed by atoms with E-state index in [0.717, 1.165) is 34.3 Å². The topological polar surface area (TPSA) is 38.0 Å². The molecule has 0 spiro atoms. The highest BCUT2D eigenvalue weighted by Gasteiger charge is 2.09. The molecule has 0 saturated carbocycles. The predicted molar refractivity (Wildman–Crippen MR) is 113 cm³/mol. The van der Waals surface area contributed by atoms with E-state index in [1.807, 2.05) is 48.5 Å². The van der Waals surface area contributed by atoms with E-state index in [4.69, 9.17) is 10.00 Å². The number of nitriles is 1. The van der Waals surface area contributed by atoms with E-state index in [1.165, 1.54) is 11.6 Å². The van der Waals surface area contributed by atoms with E-state index in [9.17, 15) is 0 Å². The summed E-state index contributed by atoms with van der Waals surface area (Å²) in [6.45, 7) is 1.31. The van der Waals surface area contributed by atoms with Crippen molar-refractivity contribution in [2.75, 3.05) is 0 Å². The second-order valence-electron chi connectivity index (χ2n) is 6.61. The number of rotatable bonds is 6. The summed E-state index contributed by atoms with van der Waals surface area (Å²) in [4.78, 5) is 0. The fourth-order valence-electron chi connectivity index (χ4n) is 3.31. The van der Waals surface area contributed by atoms with Crippen molar-refractivity contribution >= 4 is 17.0 Å². The van der Waals surface area contributed by atoms with Crippen LogP contribution in [-0.4, -0.2) is 4.57 Å². The van der Waals surface area contributed by atoms with Gasteiger partial charge in [-0.1, -0.05) is 60.7 Å². The van der Waals surface area contributed by atoms with Gasteiger partial charge < -0.3 is 9.30 Å². The summed E-state index contributed by atoms with van der Waals surface area (Å²) in [5, 5.41) is 10.0. The minimum Gasteiger partial charge on any atom is -0.489 e. The van der Waals surface area contributed by atoms with Crippen molar-refractivity contribution in [2.24, 2.45) is 0 Å². The summed E-state index contributed by atoms with van der Waals surface area (Å²) in [6, 6.07) is 28.7. The molecule has 0 aliphatic carbocycles. The number of benzene rings is 3. The Kier molecular flexibility index (Phi) is 5.22. The number of hydrogen-bond acceptors (Lipinski definition) is 2. The van der Waals surface area contributed by atoms with Gasteiger partial charge in [0.25, 0.3) is 0 Å². The van der Waals surface area contributed by atoms with Gasteiger partial charge in [-0.15, -0.1) is 0 Å². The average molecular weight is 364 g/mol. The molecule has 0 bridgehead atoms. The Morgan fingerprint density at radius 1 is 0.893 bits per heavy atom. The Morgan fingerprint density at radius 2 is 1.61 bits per heavy atom. The molecule has 0 atom stereocenters. The first-order valence-electron chi connectivity index (χ1n) is 9.23. The molecule has 4 aromatic rings. The van der Waals surface area contributed by atoms with Crippen LogP contribution >= 0.6 is 0 Å². The smallest absolute Gasteiger partial charge is 0.120 e. The quantitative estimate of drug-likeness (QED) is 0.405. The van der Waals surface area contributed by atoms with Crippen molar-refractivity contribution in [1.82, 2.24) is 4.57 Å². The van der Waals surface area contributed by atoms with Crippen molar-refractivity contribution in [2.45, 2.75) is 13.2 Å². The van der Waals surface area contributed by atoms with Crippen molar-refractivity contribution in [1.29, 1.82) is 5.26 Å². The molecule has 1 heterocycles. The van der Waals surface area contributed by atoms with Crippen LogP contribution in [0.1, 0.15) is 16.7 Å². The minimum atomic E-state index is 0.528. The van der Waals surface area contributed by atoms with Crippen LogP contribution in [0.3, 0.4) is 0 Å². The van der Waals surface area contributed by atoms with E-state index in [0.29, 0.717) is 6.61 Å². The molecular weight excluding hydrogens is 344 g/mol. The summed E-state index contributed by atoms with van der Waals surface area (Å²) >= 11 is 0. The van der Waals surface area contributed by atoms with Gasteiger partial charge in [0.2, 0.25) is 0 Å². The third-order valence-corrected chi connectivity index (χ3v) is 4.66. The SMILES string of the molecule is N#CC=Cc1cn(Cc2ccccc2)c2ccc(OCc3ccccc3)cc12. The maximum Gasteiger partial charge on any atom is 0.120 e. The lowest BCUT2D eigenvalue weighted by Crippen LogP contribution is -1.98. The Morgan fingerprint density at radius 3 is 2.32 bits per heavy atom. The van der Waals surface area contributed by atoms with E-state index in [1.54, 1.807) is 0 Å². The average Bonchev–Trinajstić information content (AvgIpc) is 3.09. The minimum absolute atomic E-state index is 0.528. The van der Waals surface area contributed by atoms with Crippen molar-refractivity contribution in [3.05, 3.63) is 108 Å². The molecule has 3 aromatic carbocycles. The van der Waals surface area contributed by atoms with Crippen LogP contribution in [0.4, 0.5) is 0 Å². The largest absolute Gasteiger partial charge is 0.489 e. The molecule has 0 amide bonds. The fourth-order valence-corrected chi connectivity index (χ4v) is 3.31. The van der Waals surface area contributed by atoms with E-state index in [2.05, 4.69) is 53.2 Å². The lowest BCUT2D eigenvalue weighted by atomic mass is 10.1. The monoisotopic (exact) mass is 364 g/mol. The molecule has 28 heavy (non-hydrogen) atoms. The van der Waals surface area contributed by atoms with Crippen LogP contribution in [0.15, 0.2) is 91.1 Å². The maximum atomic E-state index is 8.94. The van der Waals surface area contributed by atoms with Gasteiger partial charge in [0, 0.05) is 35.3 Å². The summed E-state index contributed by atoms with van der Waals surface area (Å²) < 4.78 is 8.20. The van der Waals surface area contributed by atoms with Crippen molar-refractivity contribution in [3.8, 4) is 11.8 Å². The second-order valence-corrected chi connectivity index (χ2v) is 6.61. The van der Waals surface area contributed by atoms with Gasteiger partial charge in [-0.05, 0) is 35.4 Å². The van der Waals surface area contributed by atoms with Gasteiger partial charge in [0.05, 0.1) is 6.07 Å². The molecule has 0 radical (unpaired) electrons. The second kappa shape index (κ2) is 8.28. The lowest BCUT2D eigenvalue weighted by molar-refractivity contribution is 0.306. The Balaban J connectivity index is 1.66. The molecule has 0 N–H and O–H groups in total. The Bertz CT molecular complexity index is 1140. The zero-order chi connectivity index (χ0) is 19.2. The van der Waals surface area contributed by atoms with Crippen LogP contribution in [0, 0.1) is 11.3 Å². The van der Waals surface area contributed by atoms with E-state index < -0.39 is 0 Å². The highest BCUT2D eigenvalue weighted by molar-refractivity contribution is 5.91. The molecule has 0 saturated heterocycles. The first-order valence-corrected chi connectivity index (χ1v) is 9.23. The predicted octanol–water partition coefficient (Wildman–Crippen LogP) is 5.81. The number of ether oxygens (including phenoxy) is 1. The number of fused-ring (bicyclic) bond motifs is 1. The fraction of sp³-hybridized carbons (Fsp3) is 0.0800. The third-order valence-electron chi connectivity index (χ3n) is 4.66. The summed E-state index contributed by atoms with van der Waals surface area (Å²) in [6.07, 6.45) is 5.45. The highest BCUT2D eigenvalue weighted by atomic mass is 16.5. The molecule has 3 nitrogen and oxygen atoms in total. The standard InChI is InChI=1S/C25H20N2O/c26-15-7-12-22-18-27(17-20-8-3-1-4-9-20)25-14-13-23(16-24(22)25)28-19-21-10-5-2-6-11-21/h1-14,16,18H,17,19H2. The van der Waals surface area contributed by atoms with Crippen LogP contribution < -0.4 is 4.74 Å². The number of allylic oxidation sites excluding steroid dienone is 1. The highest BCUT2D eigenvalue weighted by Crippen LogP contribution is 2.28. The molecule has 0 unspecified atom stereocenters. The van der Waals surface area contributed by atoms with Gasteiger partial charge in [-0.2, -0.15) is 5.26 Å². The Hall–Kier alpha value is -3.77. The molecule has 0 fully saturated rings. The van der Waals surface area contributed by atoms with Gasteiger partial charge in [-0.25, -0.2) is 0 Å². The number of hydrogen-bond donors (Lipinski definition) is 0. The third kappa shape index (κ3) is 3.97. The van der Waals surface area contributed by atoms with Crippen LogP contribution in [-0.2, 0) is 13.2 Å². The molecule has 4 rings (SSSR count). The summed E-state index contributed by atoms with van der Waals surface area (Å²) in [5.41, 5.74) is 4.50. The van der Waals surface area contributed by atoms with Crippen LogP contribution in [0.2, 0.25) is 0 Å². The lowest BCUT2D eigenvalue weighted by Gasteiger charge is -2.08. The zero-order valence-electron chi connectivity index (χ0n) is 15.5. The van der Waals surface area contributed by atoms with E-state index in [-0.39, 0.29) is 0 Å². The first kappa shape index (κ1) is 17.6. The molecule has 136 valence electrons. The molecule has 0 aliphatic heterocycles. The van der Waals surface area contributed by atoms with Crippen LogP contribution in [0.5, 0.6) is 5.75 Å². The Labute approximate surface area is 164 Å². The first-order chi connectivity index (χ1) is 13.8. The molecule has 3 heteroatoms. The number of aromatic nitrogens is 1. The van der Waals surface area contributed by atoms with Gasteiger partial charge >= 0.3 is 0 Å². The zero-order valence-corrected chi connectivity index (χ0v) is 15.5. The molecule has 0 aliphatic rings. The van der Waals surface area contributed by atoms with Gasteiger partial charge in [0.15, 0.2) is 0 Å². The normalized spacial score (nSPS) is 11.0. The van der Waals surface area contributed by atoms with Gasteiger partial charge in [0.1, 0.15) is 12.4 Å². The summed E-state index contributed by atoms with van der Waals surface area (Å²) in [5.74, 6) is 0.820.